The lowest BCUT2D eigenvalue weighted by atomic mass is 9.38. The van der Waals surface area contributed by atoms with E-state index in [0.29, 0.717) is 0 Å². The van der Waals surface area contributed by atoms with E-state index in [-0.39, 0.29) is 17.5 Å². The van der Waals surface area contributed by atoms with E-state index in [1.807, 2.05) is 0 Å². The number of hydrogen-bond acceptors (Lipinski definition) is 3. The Morgan fingerprint density at radius 2 is 1.09 bits per heavy atom. The molecule has 0 saturated carbocycles. The van der Waals surface area contributed by atoms with Crippen molar-refractivity contribution < 1.29 is 0 Å². The number of nitrogens with zero attached hydrogens (tertiary/aromatic N) is 4. The maximum Gasteiger partial charge on any atom is 0.294 e. The Labute approximate surface area is 330 Å². The average molecular weight is 725 g/mol. The van der Waals surface area contributed by atoms with E-state index in [1.165, 1.54) is 50.2 Å². The minimum atomic E-state index is -0.0362. The van der Waals surface area contributed by atoms with Crippen LogP contribution in [0.15, 0.2) is 164 Å². The molecule has 5 heteroatoms. The summed E-state index contributed by atoms with van der Waals surface area (Å²) >= 11 is 0. The van der Waals surface area contributed by atoms with Crippen LogP contribution in [0.4, 0.5) is 34.1 Å². The highest BCUT2D eigenvalue weighted by Crippen LogP contribution is 2.45. The Morgan fingerprint density at radius 3 is 1.71 bits per heavy atom. The number of fused-ring (bicyclic) bond motifs is 7. The molecule has 8 aromatic rings. The predicted molar refractivity (Wildman–Crippen MR) is 238 cm³/mol. The minimum absolute atomic E-state index is 0.0175. The van der Waals surface area contributed by atoms with Gasteiger partial charge in [-0.2, -0.15) is 0 Å². The Bertz CT molecular complexity index is 2720. The van der Waals surface area contributed by atoms with Gasteiger partial charge in [-0.1, -0.05) is 139 Å². The molecule has 7 aromatic carbocycles. The molecule has 10 rings (SSSR count). The van der Waals surface area contributed by atoms with Gasteiger partial charge in [-0.25, -0.2) is 4.98 Å². The van der Waals surface area contributed by atoms with E-state index in [4.69, 9.17) is 4.98 Å². The second kappa shape index (κ2) is 12.6. The summed E-state index contributed by atoms with van der Waals surface area (Å²) in [5.41, 5.74) is 18.8. The monoisotopic (exact) mass is 724 g/mol. The molecular weight excluding hydrogens is 679 g/mol. The van der Waals surface area contributed by atoms with Gasteiger partial charge >= 0.3 is 0 Å². The van der Waals surface area contributed by atoms with E-state index >= 15 is 0 Å². The van der Waals surface area contributed by atoms with E-state index in [9.17, 15) is 0 Å². The SMILES string of the molecule is CC(C)(C)c1ccc(N2c3ccc(C(C)(C)C)cc3B3c4c2cc(N(c2ccccc2)c2ccccc2)cc4-n2c3nc3ccc(-c4ccccc4)cc32)cc1. The van der Waals surface area contributed by atoms with Crippen LogP contribution < -0.4 is 26.4 Å². The number of anilines is 6. The molecule has 1 aromatic heterocycles. The fourth-order valence-electron chi connectivity index (χ4n) is 8.75. The van der Waals surface area contributed by atoms with Crippen molar-refractivity contribution in [3.8, 4) is 16.8 Å². The lowest BCUT2D eigenvalue weighted by Gasteiger charge is -2.37. The minimum Gasteiger partial charge on any atom is -0.311 e. The number of hydrogen-bond donors (Lipinski definition) is 0. The smallest absolute Gasteiger partial charge is 0.294 e. The molecule has 0 spiro atoms. The highest BCUT2D eigenvalue weighted by molar-refractivity contribution is 6.99. The summed E-state index contributed by atoms with van der Waals surface area (Å²) in [5.74, 6) is 0. The van der Waals surface area contributed by atoms with Gasteiger partial charge in [0.15, 0.2) is 0 Å². The first-order valence-electron chi connectivity index (χ1n) is 19.8. The predicted octanol–water partition coefficient (Wildman–Crippen LogP) is 11.4. The third-order valence-electron chi connectivity index (χ3n) is 11.7. The number of benzene rings is 7. The molecule has 56 heavy (non-hydrogen) atoms. The molecule has 0 amide bonds. The first-order valence-corrected chi connectivity index (χ1v) is 19.8. The third kappa shape index (κ3) is 5.48. The van der Waals surface area contributed by atoms with Gasteiger partial charge in [0.2, 0.25) is 0 Å². The van der Waals surface area contributed by atoms with Gasteiger partial charge in [-0.05, 0) is 111 Å². The van der Waals surface area contributed by atoms with Crippen molar-refractivity contribution in [2.24, 2.45) is 0 Å². The Balaban J connectivity index is 1.30. The molecule has 2 aliphatic rings. The highest BCUT2D eigenvalue weighted by Gasteiger charge is 2.46. The zero-order valence-electron chi connectivity index (χ0n) is 33.0. The Hall–Kier alpha value is -6.33. The van der Waals surface area contributed by atoms with Crippen molar-refractivity contribution in [1.29, 1.82) is 0 Å². The van der Waals surface area contributed by atoms with Crippen LogP contribution in [0.2, 0.25) is 0 Å². The fourth-order valence-corrected chi connectivity index (χ4v) is 8.75. The van der Waals surface area contributed by atoms with E-state index < -0.39 is 0 Å². The number of rotatable bonds is 5. The van der Waals surface area contributed by atoms with Gasteiger partial charge < -0.3 is 14.4 Å². The number of imidazole rings is 1. The normalized spacial score (nSPS) is 13.1. The van der Waals surface area contributed by atoms with E-state index in [2.05, 4.69) is 220 Å². The zero-order valence-corrected chi connectivity index (χ0v) is 33.0. The third-order valence-corrected chi connectivity index (χ3v) is 11.7. The summed E-state index contributed by atoms with van der Waals surface area (Å²) in [6.45, 7) is 13.7. The van der Waals surface area contributed by atoms with Crippen LogP contribution in [0.3, 0.4) is 0 Å². The zero-order chi connectivity index (χ0) is 38.3. The molecule has 0 fully saturated rings. The quantitative estimate of drug-likeness (QED) is 0.165. The van der Waals surface area contributed by atoms with Crippen LogP contribution in [0.1, 0.15) is 52.7 Å². The van der Waals surface area contributed by atoms with E-state index in [1.54, 1.807) is 0 Å². The van der Waals surface area contributed by atoms with Gasteiger partial charge in [-0.15, -0.1) is 0 Å². The second-order valence-electron chi connectivity index (χ2n) is 17.4. The van der Waals surface area contributed by atoms with Crippen molar-refractivity contribution >= 4 is 68.5 Å². The number of aromatic nitrogens is 2. The molecule has 0 aliphatic carbocycles. The highest BCUT2D eigenvalue weighted by atomic mass is 15.2. The second-order valence-corrected chi connectivity index (χ2v) is 17.4. The summed E-state index contributed by atoms with van der Waals surface area (Å²) in [6, 6.07) is 60.1. The Morgan fingerprint density at radius 1 is 0.500 bits per heavy atom. The maximum atomic E-state index is 5.52. The van der Waals surface area contributed by atoms with Gasteiger partial charge in [0.1, 0.15) is 0 Å². The van der Waals surface area contributed by atoms with Crippen LogP contribution in [0.25, 0.3) is 27.8 Å². The molecule has 0 atom stereocenters. The lowest BCUT2D eigenvalue weighted by Crippen LogP contribution is -2.56. The van der Waals surface area contributed by atoms with Crippen molar-refractivity contribution in [2.45, 2.75) is 52.4 Å². The van der Waals surface area contributed by atoms with Gasteiger partial charge in [0.25, 0.3) is 6.71 Å². The largest absolute Gasteiger partial charge is 0.311 e. The summed E-state index contributed by atoms with van der Waals surface area (Å²) in [5, 5.41) is 0. The summed E-state index contributed by atoms with van der Waals surface area (Å²) in [4.78, 5) is 10.4. The van der Waals surface area contributed by atoms with Gasteiger partial charge in [-0.3, -0.25) is 0 Å². The molecule has 4 nitrogen and oxygen atoms in total. The van der Waals surface area contributed by atoms with Gasteiger partial charge in [0, 0.05) is 34.1 Å². The molecule has 2 aliphatic heterocycles. The maximum absolute atomic E-state index is 5.52. The summed E-state index contributed by atoms with van der Waals surface area (Å²) < 4.78 is 2.46. The molecule has 0 radical (unpaired) electrons. The van der Waals surface area contributed by atoms with Crippen LogP contribution in [-0.4, -0.2) is 16.3 Å². The summed E-state index contributed by atoms with van der Waals surface area (Å²) in [7, 11) is 0. The van der Waals surface area contributed by atoms with Crippen LogP contribution in [0.5, 0.6) is 0 Å². The van der Waals surface area contributed by atoms with Crippen LogP contribution >= 0.6 is 0 Å². The van der Waals surface area contributed by atoms with Crippen molar-refractivity contribution in [3.63, 3.8) is 0 Å². The fraction of sp³-hybridized carbons (Fsp3) is 0.157. The average Bonchev–Trinajstić information content (AvgIpc) is 3.74. The molecule has 0 saturated heterocycles. The van der Waals surface area contributed by atoms with Crippen molar-refractivity contribution in [2.75, 3.05) is 9.80 Å². The molecule has 3 heterocycles. The van der Waals surface area contributed by atoms with E-state index in [0.717, 1.165) is 39.5 Å². The van der Waals surface area contributed by atoms with Crippen molar-refractivity contribution in [1.82, 2.24) is 9.55 Å². The number of para-hydroxylation sites is 2. The van der Waals surface area contributed by atoms with Crippen LogP contribution in [0, 0.1) is 0 Å². The summed E-state index contributed by atoms with van der Waals surface area (Å²) in [6.07, 6.45) is 0. The molecular formula is C51H45BN4. The molecule has 272 valence electrons. The van der Waals surface area contributed by atoms with Crippen LogP contribution in [-0.2, 0) is 10.8 Å². The first kappa shape index (κ1) is 34.2. The topological polar surface area (TPSA) is 24.3 Å². The molecule has 0 bridgehead atoms. The molecule has 0 N–H and O–H groups in total. The molecule has 0 unspecified atom stereocenters. The standard InChI is InChI=1S/C51H45BN4/c1-50(2,3)36-23-26-40(27-24-36)55-44-29-25-37(51(4,5)6)31-42(44)52-48-46(55)32-41(54(38-18-12-8-13-19-38)39-20-14-9-15-21-39)33-47(48)56-45-30-35(34-16-10-7-11-17-34)22-28-43(45)53-49(52)56/h7-33H,1-6H3. The first-order chi connectivity index (χ1) is 27.0. The Kier molecular flexibility index (Phi) is 7.70. The van der Waals surface area contributed by atoms with Gasteiger partial charge in [0.05, 0.1) is 22.4 Å². The van der Waals surface area contributed by atoms with Crippen molar-refractivity contribution in [3.05, 3.63) is 175 Å². The lowest BCUT2D eigenvalue weighted by molar-refractivity contribution is 0.590.